The highest BCUT2D eigenvalue weighted by Gasteiger charge is 2.27. The first kappa shape index (κ1) is 12.4. The molecule has 1 heterocycles. The Hall–Kier alpha value is -2.60. The fraction of sp³-hybridized carbons (Fsp3) is 0.480. The minimum atomic E-state index is -2.47. The molecule has 3 rings (SSSR count). The van der Waals surface area contributed by atoms with E-state index in [1.165, 1.54) is 30.9 Å². The van der Waals surface area contributed by atoms with Crippen molar-refractivity contribution in [2.45, 2.75) is 45.8 Å². The predicted molar refractivity (Wildman–Crippen MR) is 121 cm³/mol. The van der Waals surface area contributed by atoms with Crippen LogP contribution in [-0.4, -0.2) is 48.5 Å². The molecule has 0 atom stereocenters. The molecule has 31 heavy (non-hydrogen) atoms. The van der Waals surface area contributed by atoms with Crippen LogP contribution >= 0.6 is 0 Å². The van der Waals surface area contributed by atoms with Crippen LogP contribution in [0.2, 0.25) is 0 Å². The first-order valence-electron chi connectivity index (χ1n) is 15.7. The number of hydrogen-bond acceptors (Lipinski definition) is 3. The van der Waals surface area contributed by atoms with E-state index in [1.54, 1.807) is 0 Å². The summed E-state index contributed by atoms with van der Waals surface area (Å²) in [6, 6.07) is 0.378. The molecule has 2 amide bonds. The Morgan fingerprint density at radius 1 is 1.26 bits per heavy atom. The number of carbonyl (C=O) groups excluding carboxylic acids is 1. The molecule has 168 valence electrons. The number of rotatable bonds is 8. The lowest BCUT2D eigenvalue weighted by atomic mass is 10.0. The van der Waals surface area contributed by atoms with E-state index in [0.717, 1.165) is 17.0 Å². The number of halogens is 1. The molecule has 0 spiro atoms. The summed E-state index contributed by atoms with van der Waals surface area (Å²) in [5, 5.41) is 2.47. The molecule has 1 fully saturated rings. The molecule has 5 nitrogen and oxygen atoms in total. The molecule has 2 aromatic carbocycles. The average Bonchev–Trinajstić information content (AvgIpc) is 2.90. The van der Waals surface area contributed by atoms with E-state index in [2.05, 4.69) is 5.32 Å². The van der Waals surface area contributed by atoms with Crippen molar-refractivity contribution in [3.63, 3.8) is 0 Å². The normalized spacial score (nSPS) is 21.6. The molecular weight excluding hydrogens is 393 g/mol. The van der Waals surface area contributed by atoms with Gasteiger partial charge in [-0.1, -0.05) is 38.1 Å². The molecule has 0 bridgehead atoms. The van der Waals surface area contributed by atoms with E-state index >= 15 is 0 Å². The molecule has 1 aliphatic rings. The quantitative estimate of drug-likeness (QED) is 0.652. The van der Waals surface area contributed by atoms with E-state index in [1.807, 2.05) is 0 Å². The number of urea groups is 1. The summed E-state index contributed by atoms with van der Waals surface area (Å²) in [7, 11) is 0. The number of piperidine rings is 1. The maximum absolute atomic E-state index is 13.6. The predicted octanol–water partition coefficient (Wildman–Crippen LogP) is 4.67. The zero-order valence-corrected chi connectivity index (χ0v) is 17.6. The molecule has 0 unspecified atom stereocenters. The van der Waals surface area contributed by atoms with Gasteiger partial charge in [-0.25, -0.2) is 9.18 Å². The van der Waals surface area contributed by atoms with Crippen molar-refractivity contribution >= 4 is 6.03 Å². The Labute approximate surface area is 200 Å². The lowest BCUT2D eigenvalue weighted by Crippen LogP contribution is -2.49. The molecule has 0 radical (unpaired) electrons. The molecule has 6 heteroatoms. The molecule has 0 saturated carbocycles. The van der Waals surface area contributed by atoms with Crippen molar-refractivity contribution in [1.29, 1.82) is 0 Å². The second kappa shape index (κ2) is 11.1. The summed E-state index contributed by atoms with van der Waals surface area (Å²) >= 11 is 0. The Morgan fingerprint density at radius 3 is 2.55 bits per heavy atom. The summed E-state index contributed by atoms with van der Waals surface area (Å²) in [5.74, 6) is -1.84. The number of nitrogens with one attached hydrogen (secondary N) is 1. The number of amides is 2. The lowest BCUT2D eigenvalue weighted by molar-refractivity contribution is 0.127. The SMILES string of the molecule is [2H]c1c([2H])c(OC([2H])([2H])C(C)C)c([2H])c([2H])c1CNC(=O)N(C1CCN(C([2H])([2H])[2H])CC1)C([2H])([2H])c1ccc(F)cc1. The third kappa shape index (κ3) is 7.24. The van der Waals surface area contributed by atoms with Crippen molar-refractivity contribution in [2.75, 3.05) is 26.6 Å². The van der Waals surface area contributed by atoms with Crippen molar-refractivity contribution in [3.05, 3.63) is 65.4 Å². The first-order valence-corrected chi connectivity index (χ1v) is 10.2. The van der Waals surface area contributed by atoms with Gasteiger partial charge in [-0.05, 0) is 74.2 Å². The van der Waals surface area contributed by atoms with Crippen LogP contribution in [0.25, 0.3) is 0 Å². The summed E-state index contributed by atoms with van der Waals surface area (Å²) in [6.45, 7) is -4.44. The zero-order chi connectivity index (χ0) is 31.8. The first-order chi connectivity index (χ1) is 19.3. The minimum Gasteiger partial charge on any atom is -0.493 e. The zero-order valence-electron chi connectivity index (χ0n) is 28.6. The van der Waals surface area contributed by atoms with Gasteiger partial charge in [-0.3, -0.25) is 0 Å². The smallest absolute Gasteiger partial charge is 0.318 e. The van der Waals surface area contributed by atoms with Gasteiger partial charge in [0.1, 0.15) is 11.6 Å². The summed E-state index contributed by atoms with van der Waals surface area (Å²) in [4.78, 5) is 15.7. The minimum absolute atomic E-state index is 0.0255. The number of carbonyl (C=O) groups is 1. The lowest BCUT2D eigenvalue weighted by Gasteiger charge is -2.37. The van der Waals surface area contributed by atoms with Crippen LogP contribution in [0.3, 0.4) is 0 Å². The van der Waals surface area contributed by atoms with E-state index in [-0.39, 0.29) is 37.1 Å². The third-order valence-corrected chi connectivity index (χ3v) is 4.61. The number of benzene rings is 2. The average molecular weight is 439 g/mol. The van der Waals surface area contributed by atoms with Crippen molar-refractivity contribution in [3.8, 4) is 5.75 Å². The van der Waals surface area contributed by atoms with E-state index in [4.69, 9.17) is 19.8 Å². The van der Waals surface area contributed by atoms with Crippen LogP contribution < -0.4 is 10.1 Å². The summed E-state index contributed by atoms with van der Waals surface area (Å²) < 4.78 is 109. The van der Waals surface area contributed by atoms with Gasteiger partial charge in [0.15, 0.2) is 0 Å². The number of hydrogen-bond donors (Lipinski definition) is 1. The topological polar surface area (TPSA) is 44.8 Å². The maximum Gasteiger partial charge on any atom is 0.318 e. The van der Waals surface area contributed by atoms with E-state index < -0.39 is 80.3 Å². The molecule has 1 N–H and O–H groups in total. The van der Waals surface area contributed by atoms with Gasteiger partial charge in [0.25, 0.3) is 0 Å². The highest BCUT2D eigenvalue weighted by atomic mass is 19.1. The van der Waals surface area contributed by atoms with Crippen LogP contribution in [0.1, 0.15) is 52.9 Å². The Bertz CT molecular complexity index is 1250. The summed E-state index contributed by atoms with van der Waals surface area (Å²) in [5.41, 5.74) is -0.252. The van der Waals surface area contributed by atoms with Crippen LogP contribution in [0.4, 0.5) is 9.18 Å². The standard InChI is InChI=1S/C25H34FN3O2/c1-19(2)18-31-24-10-6-20(7-11-24)16-27-25(30)29(23-12-14-28(3)15-13-23)17-21-4-8-22(26)9-5-21/h4-11,19,23H,12-18H2,1-3H3,(H,27,30)/i3D3,6D,7D,10D,11D,17D2,18D2. The van der Waals surface area contributed by atoms with Gasteiger partial charge < -0.3 is 19.9 Å². The molecule has 2 aromatic rings. The Kier molecular flexibility index (Phi) is 4.47. The van der Waals surface area contributed by atoms with Gasteiger partial charge in [0.2, 0.25) is 0 Å². The fourth-order valence-corrected chi connectivity index (χ4v) is 2.99. The largest absolute Gasteiger partial charge is 0.493 e. The van der Waals surface area contributed by atoms with Gasteiger partial charge in [-0.2, -0.15) is 0 Å². The Morgan fingerprint density at radius 2 is 1.94 bits per heavy atom. The number of ether oxygens (including phenoxy) is 1. The van der Waals surface area contributed by atoms with Gasteiger partial charge in [0, 0.05) is 23.2 Å². The molecule has 1 saturated heterocycles. The maximum atomic E-state index is 13.6. The van der Waals surface area contributed by atoms with Gasteiger partial charge in [0.05, 0.1) is 17.5 Å². The van der Waals surface area contributed by atoms with Crippen LogP contribution in [-0.2, 0) is 13.0 Å². The highest BCUT2D eigenvalue weighted by Crippen LogP contribution is 2.19. The second-order valence-corrected chi connectivity index (χ2v) is 7.55. The summed E-state index contributed by atoms with van der Waals surface area (Å²) in [6.07, 6.45) is 0.245. The number of likely N-dealkylation sites (tertiary alicyclic amines) is 1. The molecule has 0 aliphatic carbocycles. The van der Waals surface area contributed by atoms with Crippen molar-refractivity contribution in [1.82, 2.24) is 15.1 Å². The molecular formula is C25H34FN3O2. The van der Waals surface area contributed by atoms with Crippen molar-refractivity contribution < 1.29 is 29.0 Å². The van der Waals surface area contributed by atoms with Crippen LogP contribution in [0, 0.1) is 11.7 Å². The third-order valence-electron chi connectivity index (χ3n) is 4.61. The van der Waals surface area contributed by atoms with Crippen molar-refractivity contribution in [2.24, 2.45) is 5.92 Å². The second-order valence-electron chi connectivity index (χ2n) is 7.55. The Balaban J connectivity index is 1.92. The van der Waals surface area contributed by atoms with Crippen LogP contribution in [0.5, 0.6) is 5.75 Å². The van der Waals surface area contributed by atoms with Gasteiger partial charge >= 0.3 is 6.03 Å². The molecule has 0 aromatic heterocycles. The monoisotopic (exact) mass is 438 g/mol. The highest BCUT2D eigenvalue weighted by molar-refractivity contribution is 5.74. The van der Waals surface area contributed by atoms with Gasteiger partial charge in [-0.15, -0.1) is 0 Å². The van der Waals surface area contributed by atoms with Crippen LogP contribution in [0.15, 0.2) is 48.4 Å². The van der Waals surface area contributed by atoms with E-state index in [9.17, 15) is 9.18 Å². The number of nitrogens with zero attached hydrogens (tertiary/aromatic N) is 2. The fourth-order valence-electron chi connectivity index (χ4n) is 2.99. The molecule has 1 aliphatic heterocycles. The van der Waals surface area contributed by atoms with E-state index in [0.29, 0.717) is 0 Å².